The van der Waals surface area contributed by atoms with Crippen molar-refractivity contribution in [3.05, 3.63) is 59.7 Å². The molecule has 31 heavy (non-hydrogen) atoms. The highest BCUT2D eigenvalue weighted by Gasteiger charge is 2.39. The van der Waals surface area contributed by atoms with Gasteiger partial charge in [0.05, 0.1) is 6.61 Å². The SMILES string of the molecule is C#CC(=O)OCCCCCC(=O)Oc1cccc2c1OC1(C=C2)Cc2ccccc2N1. The molecule has 2 aromatic rings. The number of carbonyl (C=O) groups is 2. The minimum absolute atomic E-state index is 0.252. The van der Waals surface area contributed by atoms with Crippen LogP contribution in [0.25, 0.3) is 6.08 Å². The Morgan fingerprint density at radius 2 is 2.00 bits per heavy atom. The average molecular weight is 417 g/mol. The second-order valence-electron chi connectivity index (χ2n) is 7.52. The summed E-state index contributed by atoms with van der Waals surface area (Å²) < 4.78 is 16.8. The summed E-state index contributed by atoms with van der Waals surface area (Å²) in [6.45, 7) is 0.252. The molecule has 0 aliphatic carbocycles. The van der Waals surface area contributed by atoms with Crippen molar-refractivity contribution in [2.45, 2.75) is 37.8 Å². The number of hydrogen-bond acceptors (Lipinski definition) is 6. The van der Waals surface area contributed by atoms with E-state index in [-0.39, 0.29) is 19.0 Å². The molecule has 2 heterocycles. The lowest BCUT2D eigenvalue weighted by Crippen LogP contribution is -2.42. The number of anilines is 1. The third-order valence-corrected chi connectivity index (χ3v) is 5.24. The molecule has 4 rings (SSSR count). The zero-order chi connectivity index (χ0) is 21.7. The third-order valence-electron chi connectivity index (χ3n) is 5.24. The van der Waals surface area contributed by atoms with Crippen LogP contribution in [0.3, 0.4) is 0 Å². The fourth-order valence-electron chi connectivity index (χ4n) is 3.74. The number of ether oxygens (including phenoxy) is 3. The number of fused-ring (bicyclic) bond motifs is 2. The maximum atomic E-state index is 12.4. The molecular formula is C25H23NO5. The van der Waals surface area contributed by atoms with Crippen LogP contribution in [0, 0.1) is 12.3 Å². The van der Waals surface area contributed by atoms with Gasteiger partial charge in [0.15, 0.2) is 11.5 Å². The first-order valence-corrected chi connectivity index (χ1v) is 10.3. The van der Waals surface area contributed by atoms with E-state index in [1.54, 1.807) is 6.07 Å². The number of nitrogens with one attached hydrogen (secondary N) is 1. The number of terminal acetylenes is 1. The molecule has 0 saturated carbocycles. The first kappa shape index (κ1) is 20.5. The van der Waals surface area contributed by atoms with E-state index in [2.05, 4.69) is 11.4 Å². The summed E-state index contributed by atoms with van der Waals surface area (Å²) in [5.41, 5.74) is 2.40. The van der Waals surface area contributed by atoms with Gasteiger partial charge in [-0.3, -0.25) is 4.79 Å². The minimum atomic E-state index is -0.685. The van der Waals surface area contributed by atoms with Gasteiger partial charge in [-0.1, -0.05) is 30.3 Å². The molecule has 0 bridgehead atoms. The summed E-state index contributed by atoms with van der Waals surface area (Å²) in [7, 11) is 0. The van der Waals surface area contributed by atoms with Crippen LogP contribution in [0.2, 0.25) is 0 Å². The van der Waals surface area contributed by atoms with E-state index in [1.165, 1.54) is 5.56 Å². The summed E-state index contributed by atoms with van der Waals surface area (Å²) in [6, 6.07) is 13.6. The highest BCUT2D eigenvalue weighted by molar-refractivity contribution is 5.87. The van der Waals surface area contributed by atoms with Crippen molar-refractivity contribution < 1.29 is 23.8 Å². The van der Waals surface area contributed by atoms with Crippen molar-refractivity contribution >= 4 is 23.7 Å². The topological polar surface area (TPSA) is 73.9 Å². The zero-order valence-electron chi connectivity index (χ0n) is 17.1. The van der Waals surface area contributed by atoms with Crippen LogP contribution >= 0.6 is 0 Å². The predicted molar refractivity (Wildman–Crippen MR) is 116 cm³/mol. The summed E-state index contributed by atoms with van der Waals surface area (Å²) in [5, 5.41) is 3.44. The first-order valence-electron chi connectivity index (χ1n) is 10.3. The van der Waals surface area contributed by atoms with Gasteiger partial charge in [-0.25, -0.2) is 4.79 Å². The first-order chi connectivity index (χ1) is 15.1. The number of para-hydroxylation sites is 2. The third kappa shape index (κ3) is 4.72. The van der Waals surface area contributed by atoms with E-state index >= 15 is 0 Å². The van der Waals surface area contributed by atoms with E-state index < -0.39 is 11.7 Å². The summed E-state index contributed by atoms with van der Waals surface area (Å²) in [6.07, 6.45) is 11.9. The molecule has 1 atom stereocenters. The lowest BCUT2D eigenvalue weighted by molar-refractivity contribution is -0.137. The van der Waals surface area contributed by atoms with Crippen molar-refractivity contribution in [2.75, 3.05) is 11.9 Å². The van der Waals surface area contributed by atoms with Gasteiger partial charge in [0, 0.05) is 30.0 Å². The molecule has 2 aliphatic rings. The van der Waals surface area contributed by atoms with Crippen LogP contribution < -0.4 is 14.8 Å². The van der Waals surface area contributed by atoms with Crippen molar-refractivity contribution in [1.82, 2.24) is 0 Å². The molecule has 0 aromatic heterocycles. The molecule has 2 aromatic carbocycles. The second-order valence-corrected chi connectivity index (χ2v) is 7.52. The lowest BCUT2D eigenvalue weighted by atomic mass is 10.0. The maximum absolute atomic E-state index is 12.4. The quantitative estimate of drug-likeness (QED) is 0.240. The normalized spacial score (nSPS) is 17.6. The number of carbonyl (C=O) groups excluding carboxylic acids is 2. The van der Waals surface area contributed by atoms with Crippen molar-refractivity contribution in [2.24, 2.45) is 0 Å². The molecule has 0 saturated heterocycles. The molecule has 6 heteroatoms. The fourth-order valence-corrected chi connectivity index (χ4v) is 3.74. The van der Waals surface area contributed by atoms with Gasteiger partial charge in [-0.15, -0.1) is 6.42 Å². The van der Waals surface area contributed by atoms with Crippen molar-refractivity contribution in [1.29, 1.82) is 0 Å². The number of hydrogen-bond donors (Lipinski definition) is 1. The number of benzene rings is 2. The smallest absolute Gasteiger partial charge is 0.384 e. The molecule has 2 aliphatic heterocycles. The Bertz CT molecular complexity index is 1040. The molecule has 0 radical (unpaired) electrons. The van der Waals surface area contributed by atoms with E-state index in [4.69, 9.17) is 20.6 Å². The lowest BCUT2D eigenvalue weighted by Gasteiger charge is -2.32. The standard InChI is InChI=1S/C25H23NO5/c1-2-22(27)29-16-7-3-4-13-23(28)30-21-12-8-10-18-14-15-25(31-24(18)21)17-19-9-5-6-11-20(19)26-25/h1,5-6,8-12,14-15,26H,3-4,7,13,16-17H2. The summed E-state index contributed by atoms with van der Waals surface area (Å²) >= 11 is 0. The van der Waals surface area contributed by atoms with E-state index in [0.29, 0.717) is 30.8 Å². The highest BCUT2D eigenvalue weighted by atomic mass is 16.6. The van der Waals surface area contributed by atoms with E-state index in [9.17, 15) is 9.59 Å². The van der Waals surface area contributed by atoms with Crippen LogP contribution in [0.15, 0.2) is 48.5 Å². The maximum Gasteiger partial charge on any atom is 0.384 e. The Kier molecular flexibility index (Phi) is 5.94. The predicted octanol–water partition coefficient (Wildman–Crippen LogP) is 4.10. The van der Waals surface area contributed by atoms with Crippen molar-refractivity contribution in [3.63, 3.8) is 0 Å². The van der Waals surface area contributed by atoms with Crippen LogP contribution in [-0.2, 0) is 20.7 Å². The molecule has 6 nitrogen and oxygen atoms in total. The Morgan fingerprint density at radius 3 is 2.84 bits per heavy atom. The summed E-state index contributed by atoms with van der Waals surface area (Å²) in [5.74, 6) is 1.86. The molecule has 1 spiro atoms. The van der Waals surface area contributed by atoms with Gasteiger partial charge in [0.2, 0.25) is 5.72 Å². The highest BCUT2D eigenvalue weighted by Crippen LogP contribution is 2.43. The average Bonchev–Trinajstić information content (AvgIpc) is 3.13. The largest absolute Gasteiger partial charge is 0.460 e. The van der Waals surface area contributed by atoms with E-state index in [0.717, 1.165) is 17.7 Å². The number of rotatable bonds is 7. The monoisotopic (exact) mass is 417 g/mol. The fraction of sp³-hybridized carbons (Fsp3) is 0.280. The second kappa shape index (κ2) is 8.97. The van der Waals surface area contributed by atoms with Crippen LogP contribution in [0.5, 0.6) is 11.5 Å². The van der Waals surface area contributed by atoms with Crippen LogP contribution in [-0.4, -0.2) is 24.3 Å². The zero-order valence-corrected chi connectivity index (χ0v) is 17.1. The Morgan fingerprint density at radius 1 is 1.13 bits per heavy atom. The van der Waals surface area contributed by atoms with Gasteiger partial charge < -0.3 is 19.5 Å². The molecule has 1 unspecified atom stereocenters. The summed E-state index contributed by atoms with van der Waals surface area (Å²) in [4.78, 5) is 23.2. The Hall–Kier alpha value is -3.72. The number of esters is 2. The number of unbranched alkanes of at least 4 members (excludes halogenated alkanes) is 2. The molecular weight excluding hydrogens is 394 g/mol. The van der Waals surface area contributed by atoms with Gasteiger partial charge >= 0.3 is 11.9 Å². The van der Waals surface area contributed by atoms with Gasteiger partial charge in [0.1, 0.15) is 0 Å². The Balaban J connectivity index is 1.34. The van der Waals surface area contributed by atoms with Crippen molar-refractivity contribution in [3.8, 4) is 23.8 Å². The van der Waals surface area contributed by atoms with Gasteiger partial charge in [0.25, 0.3) is 0 Å². The molecule has 158 valence electrons. The minimum Gasteiger partial charge on any atom is -0.460 e. The van der Waals surface area contributed by atoms with Crippen LogP contribution in [0.4, 0.5) is 5.69 Å². The molecule has 1 N–H and O–H groups in total. The Labute approximate surface area is 181 Å². The van der Waals surface area contributed by atoms with Gasteiger partial charge in [-0.05, 0) is 49.1 Å². The molecule has 0 fully saturated rings. The van der Waals surface area contributed by atoms with Crippen LogP contribution in [0.1, 0.15) is 36.8 Å². The van der Waals surface area contributed by atoms with E-state index in [1.807, 2.05) is 48.4 Å². The van der Waals surface area contributed by atoms with Gasteiger partial charge in [-0.2, -0.15) is 0 Å². The molecule has 0 amide bonds.